The zero-order chi connectivity index (χ0) is 64.1. The summed E-state index contributed by atoms with van der Waals surface area (Å²) in [7, 11) is 1.39. The Hall–Kier alpha value is -5.93. The van der Waals surface area contributed by atoms with Gasteiger partial charge in [0.1, 0.15) is 19.8 Å². The van der Waals surface area contributed by atoms with E-state index in [0.717, 1.165) is 154 Å². The average molecular weight is 1230 g/mol. The molecule has 0 aliphatic heterocycles. The predicted molar refractivity (Wildman–Crippen MR) is 380 cm³/mol. The van der Waals surface area contributed by atoms with Crippen molar-refractivity contribution >= 4 is 19.8 Å². The van der Waals surface area contributed by atoms with Gasteiger partial charge >= 0.3 is 19.8 Å². The molecule has 0 saturated heterocycles. The Bertz CT molecular complexity index is 2330. The number of carbonyl (C=O) groups is 2. The van der Waals surface area contributed by atoms with E-state index in [1.165, 1.54) is 0 Å². The van der Waals surface area contributed by atoms with Gasteiger partial charge in [-0.1, -0.05) is 251 Å². The van der Waals surface area contributed by atoms with Gasteiger partial charge in [0, 0.05) is 12.8 Å². The number of hydrogen-bond acceptors (Lipinski definition) is 7. The van der Waals surface area contributed by atoms with Crippen molar-refractivity contribution in [3.63, 3.8) is 0 Å². The molecule has 0 aromatic carbocycles. The lowest BCUT2D eigenvalue weighted by Crippen LogP contribution is -2.37. The zero-order valence-electron chi connectivity index (χ0n) is 55.3. The fraction of sp³-hybridized carbons (Fsp3) is 0.487. The Morgan fingerprint density at radius 2 is 0.614 bits per heavy atom. The number of phosphoric acid groups is 1. The summed E-state index contributed by atoms with van der Waals surface area (Å²) in [6, 6.07) is 0. The highest BCUT2D eigenvalue weighted by molar-refractivity contribution is 7.47. The molecule has 0 aromatic rings. The van der Waals surface area contributed by atoms with Crippen LogP contribution in [0, 0.1) is 0 Å². The van der Waals surface area contributed by atoms with Crippen LogP contribution < -0.4 is 0 Å². The van der Waals surface area contributed by atoms with E-state index in [9.17, 15) is 19.0 Å². The van der Waals surface area contributed by atoms with E-state index >= 15 is 0 Å². The van der Waals surface area contributed by atoms with Crippen LogP contribution in [0.2, 0.25) is 0 Å². The Labute approximate surface area is 537 Å². The van der Waals surface area contributed by atoms with Gasteiger partial charge in [-0.3, -0.25) is 18.6 Å². The fourth-order valence-corrected chi connectivity index (χ4v) is 8.42. The predicted octanol–water partition coefficient (Wildman–Crippen LogP) is 21.8. The molecule has 88 heavy (non-hydrogen) atoms. The first-order valence-corrected chi connectivity index (χ1v) is 34.6. The standard InChI is InChI=1S/C78H118NO8P/c1-6-8-10-12-14-16-18-20-22-24-26-28-30-32-33-34-35-36-37-38-39-40-41-42-43-44-45-47-49-51-53-55-57-59-61-63-65-67-69-71-78(81)87-76(75-86-88(82,83)85-73-72-79(3,4)5)74-84-77(80)70-68-66-64-62-60-58-56-54-52-50-48-46-31-29-27-25-23-21-19-17-15-13-11-9-7-2/h8-11,14-17,20-23,26-29,32-33,35-36,38-39,41-42,44-46,48-49,51-52,54-55,57-58,60-61,63,76H,6-7,12-13,18-19,24-25,30-31,34,37,40,43,47,50,53,56,59,62,64-75H2,1-5H3/p+1/b10-8-,11-9-,16-14-,17-15-,22-20-,23-21-,28-26-,29-27-,33-32-,36-35-,39-38-,42-41-,45-44-,48-46-,51-49-,54-52-,57-55-,60-58-,63-61-. The van der Waals surface area contributed by atoms with Crippen LogP contribution >= 0.6 is 7.82 Å². The molecule has 0 rings (SSSR count). The van der Waals surface area contributed by atoms with Crippen molar-refractivity contribution in [2.45, 2.75) is 200 Å². The molecule has 2 atom stereocenters. The van der Waals surface area contributed by atoms with Crippen molar-refractivity contribution in [1.82, 2.24) is 0 Å². The normalized spacial score (nSPS) is 14.7. The number of rotatable bonds is 57. The molecular weight excluding hydrogens is 1110 g/mol. The number of nitrogens with zero attached hydrogens (tertiary/aromatic N) is 1. The molecule has 0 fully saturated rings. The highest BCUT2D eigenvalue weighted by Gasteiger charge is 2.27. The van der Waals surface area contributed by atoms with E-state index in [1.54, 1.807) is 0 Å². The minimum Gasteiger partial charge on any atom is -0.462 e. The zero-order valence-corrected chi connectivity index (χ0v) is 56.2. The van der Waals surface area contributed by atoms with Crippen LogP contribution in [0.1, 0.15) is 194 Å². The lowest BCUT2D eigenvalue weighted by molar-refractivity contribution is -0.870. The molecule has 0 aromatic heterocycles. The van der Waals surface area contributed by atoms with E-state index < -0.39 is 32.5 Å². The van der Waals surface area contributed by atoms with Gasteiger partial charge in [-0.05, 0) is 161 Å². The molecule has 488 valence electrons. The van der Waals surface area contributed by atoms with Gasteiger partial charge in [0.25, 0.3) is 0 Å². The Morgan fingerprint density at radius 3 is 0.909 bits per heavy atom. The van der Waals surface area contributed by atoms with E-state index in [2.05, 4.69) is 245 Å². The number of unbranched alkanes of at least 4 members (excludes halogenated alkanes) is 5. The summed E-state index contributed by atoms with van der Waals surface area (Å²) in [5.41, 5.74) is 0. The molecule has 0 aliphatic rings. The molecular formula is C78H119NO8P+. The molecule has 0 radical (unpaired) electrons. The maximum absolute atomic E-state index is 12.8. The molecule has 0 saturated carbocycles. The Kier molecular flexibility index (Phi) is 61.1. The summed E-state index contributed by atoms with van der Waals surface area (Å²) in [6.45, 7) is 4.07. The number of phosphoric ester groups is 1. The largest absolute Gasteiger partial charge is 0.472 e. The summed E-state index contributed by atoms with van der Waals surface area (Å²) < 4.78 is 34.5. The van der Waals surface area contributed by atoms with Crippen molar-refractivity contribution in [1.29, 1.82) is 0 Å². The molecule has 0 spiro atoms. The van der Waals surface area contributed by atoms with Crippen molar-refractivity contribution in [2.75, 3.05) is 47.5 Å². The number of quaternary nitrogens is 1. The second-order valence-electron chi connectivity index (χ2n) is 22.0. The van der Waals surface area contributed by atoms with Gasteiger partial charge in [0.2, 0.25) is 0 Å². The quantitative estimate of drug-likeness (QED) is 0.0211. The highest BCUT2D eigenvalue weighted by atomic mass is 31.2. The van der Waals surface area contributed by atoms with E-state index in [-0.39, 0.29) is 26.1 Å². The lowest BCUT2D eigenvalue weighted by atomic mass is 10.1. The smallest absolute Gasteiger partial charge is 0.462 e. The van der Waals surface area contributed by atoms with Gasteiger partial charge in [-0.15, -0.1) is 0 Å². The maximum atomic E-state index is 12.8. The van der Waals surface area contributed by atoms with Crippen LogP contribution in [0.25, 0.3) is 0 Å². The van der Waals surface area contributed by atoms with Gasteiger partial charge in [0.15, 0.2) is 6.10 Å². The number of likely N-dealkylation sites (N-methyl/N-ethyl adjacent to an activating group) is 1. The number of allylic oxidation sites excluding steroid dienone is 38. The highest BCUT2D eigenvalue weighted by Crippen LogP contribution is 2.43. The molecule has 0 heterocycles. The second-order valence-corrected chi connectivity index (χ2v) is 23.5. The molecule has 10 heteroatoms. The van der Waals surface area contributed by atoms with Gasteiger partial charge in [-0.2, -0.15) is 0 Å². The first-order chi connectivity index (χ1) is 43.0. The van der Waals surface area contributed by atoms with Crippen LogP contribution in [0.15, 0.2) is 231 Å². The molecule has 0 aliphatic carbocycles. The molecule has 0 bridgehead atoms. The summed E-state index contributed by atoms with van der Waals surface area (Å²) in [5, 5.41) is 0. The van der Waals surface area contributed by atoms with Crippen molar-refractivity contribution < 1.29 is 42.1 Å². The monoisotopic (exact) mass is 1230 g/mol. The third-order valence-electron chi connectivity index (χ3n) is 12.7. The number of carbonyl (C=O) groups excluding carboxylic acids is 2. The summed E-state index contributed by atoms with van der Waals surface area (Å²) in [4.78, 5) is 35.8. The maximum Gasteiger partial charge on any atom is 0.472 e. The SMILES string of the molecule is CC/C=C\C/C=C\C/C=C\C/C=C\C/C=C\C/C=C\C/C=C\C/C=C\C/C=C\C/C=C\C/C=C\C/C=C\CCCCC(=O)OC(COC(=O)CCCCC/C=C\C/C=C\C/C=C\C/C=C\C/C=C\C/C=C\C/C=C\CC)COP(=O)(O)OCC[N+](C)(C)C. The van der Waals surface area contributed by atoms with E-state index in [1.807, 2.05) is 21.1 Å². The van der Waals surface area contributed by atoms with Crippen LogP contribution in [-0.2, 0) is 32.7 Å². The molecule has 2 unspecified atom stereocenters. The van der Waals surface area contributed by atoms with Gasteiger partial charge < -0.3 is 18.9 Å². The molecule has 9 nitrogen and oxygen atoms in total. The average Bonchev–Trinajstić information content (AvgIpc) is 3.68. The van der Waals surface area contributed by atoms with Gasteiger partial charge in [-0.25, -0.2) is 4.57 Å². The summed E-state index contributed by atoms with van der Waals surface area (Å²) >= 11 is 0. The van der Waals surface area contributed by atoms with Crippen molar-refractivity contribution in [2.24, 2.45) is 0 Å². The third-order valence-corrected chi connectivity index (χ3v) is 13.7. The molecule has 0 amide bonds. The number of hydrogen-bond donors (Lipinski definition) is 1. The first kappa shape index (κ1) is 82.1. The first-order valence-electron chi connectivity index (χ1n) is 33.1. The van der Waals surface area contributed by atoms with E-state index in [0.29, 0.717) is 23.9 Å². The Morgan fingerprint density at radius 1 is 0.352 bits per heavy atom. The van der Waals surface area contributed by atoms with Crippen LogP contribution in [-0.4, -0.2) is 74.9 Å². The number of ether oxygens (including phenoxy) is 2. The minimum atomic E-state index is -4.43. The van der Waals surface area contributed by atoms with E-state index in [4.69, 9.17) is 18.5 Å². The number of esters is 2. The van der Waals surface area contributed by atoms with Crippen LogP contribution in [0.5, 0.6) is 0 Å². The lowest BCUT2D eigenvalue weighted by Gasteiger charge is -2.24. The van der Waals surface area contributed by atoms with Crippen molar-refractivity contribution in [3.8, 4) is 0 Å². The Balaban J connectivity index is 4.33. The minimum absolute atomic E-state index is 0.00285. The van der Waals surface area contributed by atoms with Crippen LogP contribution in [0.3, 0.4) is 0 Å². The summed E-state index contributed by atoms with van der Waals surface area (Å²) in [6.07, 6.45) is 107. The fourth-order valence-electron chi connectivity index (χ4n) is 7.68. The van der Waals surface area contributed by atoms with Gasteiger partial charge in [0.05, 0.1) is 27.7 Å². The summed E-state index contributed by atoms with van der Waals surface area (Å²) in [5.74, 6) is -0.911. The van der Waals surface area contributed by atoms with Crippen LogP contribution in [0.4, 0.5) is 0 Å². The van der Waals surface area contributed by atoms with Crippen molar-refractivity contribution in [3.05, 3.63) is 231 Å². The third kappa shape index (κ3) is 69.2. The second kappa shape index (κ2) is 65.5. The molecule has 1 N–H and O–H groups in total. The topological polar surface area (TPSA) is 108 Å².